The van der Waals surface area contributed by atoms with Crippen molar-refractivity contribution in [2.45, 2.75) is 106 Å². The summed E-state index contributed by atoms with van der Waals surface area (Å²) in [4.78, 5) is 22.8. The van der Waals surface area contributed by atoms with Crippen LogP contribution in [0.4, 0.5) is 0 Å². The summed E-state index contributed by atoms with van der Waals surface area (Å²) >= 11 is 0. The fourth-order valence-corrected chi connectivity index (χ4v) is 5.95. The maximum absolute atomic E-state index is 11.9. The number of benzene rings is 1. The summed E-state index contributed by atoms with van der Waals surface area (Å²) in [5.74, 6) is -0.774. The molecule has 1 aliphatic rings. The number of carbonyl (C=O) groups excluding carboxylic acids is 1. The van der Waals surface area contributed by atoms with Gasteiger partial charge in [-0.1, -0.05) is 82.5 Å². The molecule has 0 bridgehead atoms. The standard InChI is InChI=1S/C36H47N3O2/c1-8-13-30-21-20-29(28(7)33(30)14-9-2)22-23-32-26(5)17-12-19-31(32)25(4)16-11-18-27(6)39-35(15-10-3)34(24-37-39)36(40)38-41/h11,16,18-21,24H,4,8-10,12-15,17,22-23H2,1-3,5-7H3/b16-11-,27-18+. The summed E-state index contributed by atoms with van der Waals surface area (Å²) in [6.07, 6.45) is 20.1. The largest absolute Gasteiger partial charge is 0.320 e. The van der Waals surface area contributed by atoms with Crippen molar-refractivity contribution < 1.29 is 4.79 Å². The number of hydrogen-bond donors (Lipinski definition) is 0. The fraction of sp³-hybridized carbons (Fsp3) is 0.444. The summed E-state index contributed by atoms with van der Waals surface area (Å²) in [6.45, 7) is 17.5. The average Bonchev–Trinajstić information content (AvgIpc) is 3.38. The number of allylic oxidation sites excluding steroid dienone is 9. The van der Waals surface area contributed by atoms with Crippen LogP contribution in [0.15, 0.2) is 76.7 Å². The van der Waals surface area contributed by atoms with Gasteiger partial charge in [-0.2, -0.15) is 5.10 Å². The first-order valence-corrected chi connectivity index (χ1v) is 15.3. The molecule has 41 heavy (non-hydrogen) atoms. The molecule has 0 saturated heterocycles. The van der Waals surface area contributed by atoms with E-state index in [-0.39, 0.29) is 5.56 Å². The van der Waals surface area contributed by atoms with Gasteiger partial charge in [0.05, 0.1) is 17.5 Å². The number of aryl methyl sites for hydroxylation is 2. The van der Waals surface area contributed by atoms with Crippen LogP contribution in [0, 0.1) is 11.8 Å². The Morgan fingerprint density at radius 1 is 1.02 bits per heavy atom. The Hall–Kier alpha value is -3.60. The molecule has 1 aromatic carbocycles. The van der Waals surface area contributed by atoms with Crippen molar-refractivity contribution in [2.24, 2.45) is 5.18 Å². The molecule has 2 aromatic rings. The van der Waals surface area contributed by atoms with Crippen LogP contribution in [0.5, 0.6) is 0 Å². The molecule has 3 rings (SSSR count). The molecule has 0 aliphatic heterocycles. The number of hydrogen-bond acceptors (Lipinski definition) is 3. The SMILES string of the molecule is C=C(/C=C\C=C(/C)n1ncc(C(=O)N=O)c1CCC)C1=CCCC(C)=C1CCc1ccc(CCC)c(CCC)c1C. The predicted octanol–water partition coefficient (Wildman–Crippen LogP) is 9.60. The van der Waals surface area contributed by atoms with E-state index in [9.17, 15) is 9.70 Å². The highest BCUT2D eigenvalue weighted by Gasteiger charge is 2.19. The van der Waals surface area contributed by atoms with Gasteiger partial charge in [-0.05, 0) is 111 Å². The van der Waals surface area contributed by atoms with Gasteiger partial charge < -0.3 is 0 Å². The van der Waals surface area contributed by atoms with E-state index in [0.29, 0.717) is 12.1 Å². The zero-order valence-corrected chi connectivity index (χ0v) is 26.0. The van der Waals surface area contributed by atoms with Gasteiger partial charge in [0, 0.05) is 10.9 Å². The molecule has 218 valence electrons. The number of nitrogens with zero attached hydrogens (tertiary/aromatic N) is 3. The number of amides is 1. The van der Waals surface area contributed by atoms with Gasteiger partial charge in [-0.3, -0.25) is 4.79 Å². The van der Waals surface area contributed by atoms with Crippen LogP contribution in [0.25, 0.3) is 5.70 Å². The van der Waals surface area contributed by atoms with Gasteiger partial charge in [0.2, 0.25) is 0 Å². The molecule has 0 fully saturated rings. The van der Waals surface area contributed by atoms with Crippen molar-refractivity contribution in [1.82, 2.24) is 9.78 Å². The van der Waals surface area contributed by atoms with Crippen molar-refractivity contribution in [3.63, 3.8) is 0 Å². The van der Waals surface area contributed by atoms with E-state index in [2.05, 4.69) is 68.8 Å². The van der Waals surface area contributed by atoms with E-state index >= 15 is 0 Å². The quantitative estimate of drug-likeness (QED) is 0.173. The molecule has 1 aliphatic carbocycles. The van der Waals surface area contributed by atoms with Crippen LogP contribution < -0.4 is 0 Å². The van der Waals surface area contributed by atoms with Crippen molar-refractivity contribution in [3.8, 4) is 0 Å². The molecule has 1 heterocycles. The first kappa shape index (κ1) is 31.9. The number of nitroso groups, excluding NO2 is 1. The molecule has 0 unspecified atom stereocenters. The normalized spacial score (nSPS) is 14.1. The van der Waals surface area contributed by atoms with Crippen LogP contribution in [0.2, 0.25) is 0 Å². The molecule has 0 N–H and O–H groups in total. The zero-order valence-electron chi connectivity index (χ0n) is 26.0. The third kappa shape index (κ3) is 7.78. The minimum Gasteiger partial charge on any atom is -0.263 e. The molecule has 5 nitrogen and oxygen atoms in total. The summed E-state index contributed by atoms with van der Waals surface area (Å²) in [5.41, 5.74) is 13.0. The Kier molecular flexibility index (Phi) is 12.0. The maximum atomic E-state index is 11.9. The second kappa shape index (κ2) is 15.4. The Balaban J connectivity index is 1.78. The molecular formula is C36H47N3O2. The Morgan fingerprint density at radius 3 is 2.41 bits per heavy atom. The average molecular weight is 554 g/mol. The van der Waals surface area contributed by atoms with Crippen molar-refractivity contribution in [1.29, 1.82) is 0 Å². The van der Waals surface area contributed by atoms with E-state index in [1.807, 2.05) is 26.0 Å². The molecule has 0 saturated carbocycles. The van der Waals surface area contributed by atoms with Crippen molar-refractivity contribution in [3.05, 3.63) is 110 Å². The number of rotatable bonds is 14. The van der Waals surface area contributed by atoms with Crippen LogP contribution in [0.1, 0.15) is 111 Å². The highest BCUT2D eigenvalue weighted by molar-refractivity contribution is 5.95. The monoisotopic (exact) mass is 553 g/mol. The Labute approximate surface area is 246 Å². The van der Waals surface area contributed by atoms with Crippen LogP contribution in [-0.4, -0.2) is 15.7 Å². The summed E-state index contributed by atoms with van der Waals surface area (Å²) < 4.78 is 1.73. The van der Waals surface area contributed by atoms with Gasteiger partial charge in [0.25, 0.3) is 0 Å². The highest BCUT2D eigenvalue weighted by Crippen LogP contribution is 2.34. The lowest BCUT2D eigenvalue weighted by Crippen LogP contribution is -2.06. The van der Waals surface area contributed by atoms with Gasteiger partial charge in [0.15, 0.2) is 0 Å². The van der Waals surface area contributed by atoms with Gasteiger partial charge >= 0.3 is 5.91 Å². The lowest BCUT2D eigenvalue weighted by atomic mass is 9.83. The van der Waals surface area contributed by atoms with Crippen molar-refractivity contribution in [2.75, 3.05) is 0 Å². The van der Waals surface area contributed by atoms with E-state index in [1.165, 1.54) is 52.4 Å². The van der Waals surface area contributed by atoms with Gasteiger partial charge in [-0.25, -0.2) is 4.68 Å². The molecule has 5 heteroatoms. The van der Waals surface area contributed by atoms with Crippen molar-refractivity contribution >= 4 is 11.6 Å². The van der Waals surface area contributed by atoms with Gasteiger partial charge in [-0.15, -0.1) is 4.91 Å². The Morgan fingerprint density at radius 2 is 1.73 bits per heavy atom. The molecule has 1 aromatic heterocycles. The van der Waals surface area contributed by atoms with E-state index in [0.717, 1.165) is 56.2 Å². The summed E-state index contributed by atoms with van der Waals surface area (Å²) in [5, 5.41) is 6.95. The third-order valence-electron chi connectivity index (χ3n) is 8.16. The predicted molar refractivity (Wildman–Crippen MR) is 172 cm³/mol. The summed E-state index contributed by atoms with van der Waals surface area (Å²) in [7, 11) is 0. The zero-order chi connectivity index (χ0) is 29.9. The fourth-order valence-electron chi connectivity index (χ4n) is 5.95. The number of carbonyl (C=O) groups is 1. The second-order valence-corrected chi connectivity index (χ2v) is 11.2. The van der Waals surface area contributed by atoms with E-state index in [1.54, 1.807) is 10.2 Å². The molecule has 0 atom stereocenters. The molecule has 1 amide bonds. The summed E-state index contributed by atoms with van der Waals surface area (Å²) in [6, 6.07) is 4.72. The first-order valence-electron chi connectivity index (χ1n) is 15.3. The van der Waals surface area contributed by atoms with Crippen LogP contribution >= 0.6 is 0 Å². The van der Waals surface area contributed by atoms with E-state index in [4.69, 9.17) is 0 Å². The minimum atomic E-state index is -0.774. The third-order valence-corrected chi connectivity index (χ3v) is 8.16. The minimum absolute atomic E-state index is 0.276. The van der Waals surface area contributed by atoms with Crippen LogP contribution in [-0.2, 0) is 25.7 Å². The van der Waals surface area contributed by atoms with E-state index < -0.39 is 5.91 Å². The highest BCUT2D eigenvalue weighted by atomic mass is 16.3. The second-order valence-electron chi connectivity index (χ2n) is 11.2. The van der Waals surface area contributed by atoms with Crippen LogP contribution in [0.3, 0.4) is 0 Å². The Bertz CT molecular complexity index is 1400. The molecular weight excluding hydrogens is 506 g/mol. The molecule has 0 radical (unpaired) electrons. The smallest absolute Gasteiger partial charge is 0.263 e. The molecule has 0 spiro atoms. The maximum Gasteiger partial charge on any atom is 0.320 e. The number of aromatic nitrogens is 2. The van der Waals surface area contributed by atoms with Gasteiger partial charge in [0.1, 0.15) is 0 Å². The lowest BCUT2D eigenvalue weighted by Gasteiger charge is -2.22. The topological polar surface area (TPSA) is 64.3 Å². The first-order chi connectivity index (χ1) is 19.8. The lowest BCUT2D eigenvalue weighted by molar-refractivity contribution is 0.1000.